The van der Waals surface area contributed by atoms with Gasteiger partial charge in [0.15, 0.2) is 0 Å². The Labute approximate surface area is 110 Å². The van der Waals surface area contributed by atoms with Crippen molar-refractivity contribution in [1.82, 2.24) is 5.32 Å². The number of nitrogens with one attached hydrogen (secondary N) is 1. The second-order valence-corrected chi connectivity index (χ2v) is 4.11. The van der Waals surface area contributed by atoms with E-state index in [0.717, 1.165) is 0 Å². The van der Waals surface area contributed by atoms with Crippen LogP contribution in [0.3, 0.4) is 0 Å². The molecule has 0 unspecified atom stereocenters. The minimum Gasteiger partial charge on any atom is -0.467 e. The van der Waals surface area contributed by atoms with E-state index in [0.29, 0.717) is 23.4 Å². The van der Waals surface area contributed by atoms with Crippen LogP contribution >= 0.6 is 0 Å². The molecule has 1 aromatic carbocycles. The third-order valence-electron chi connectivity index (χ3n) is 2.64. The lowest BCUT2D eigenvalue weighted by molar-refractivity contribution is -0.117. The van der Waals surface area contributed by atoms with Gasteiger partial charge in [0.2, 0.25) is 5.91 Å². The maximum atomic E-state index is 13.4. The molecule has 0 aliphatic heterocycles. The second-order valence-electron chi connectivity index (χ2n) is 4.11. The van der Waals surface area contributed by atoms with Crippen LogP contribution in [0.5, 0.6) is 0 Å². The fraction of sp³-hybridized carbons (Fsp3) is 0.133. The molecule has 19 heavy (non-hydrogen) atoms. The zero-order valence-corrected chi connectivity index (χ0v) is 10.5. The van der Waals surface area contributed by atoms with Gasteiger partial charge < -0.3 is 9.73 Å². The molecule has 0 saturated carbocycles. The van der Waals surface area contributed by atoms with E-state index in [2.05, 4.69) is 5.32 Å². The van der Waals surface area contributed by atoms with E-state index in [1.165, 1.54) is 12.1 Å². The van der Waals surface area contributed by atoms with Crippen molar-refractivity contribution in [3.63, 3.8) is 0 Å². The van der Waals surface area contributed by atoms with Gasteiger partial charge in [-0.25, -0.2) is 4.39 Å². The smallest absolute Gasteiger partial charge is 0.247 e. The highest BCUT2D eigenvalue weighted by Gasteiger charge is 2.06. The summed E-state index contributed by atoms with van der Waals surface area (Å²) >= 11 is 0. The first-order valence-corrected chi connectivity index (χ1v) is 5.90. The molecule has 1 aromatic heterocycles. The number of hydrogen-bond acceptors (Lipinski definition) is 2. The number of rotatable bonds is 4. The zero-order valence-electron chi connectivity index (χ0n) is 10.5. The molecule has 0 spiro atoms. The Kier molecular flexibility index (Phi) is 4.13. The predicted octanol–water partition coefficient (Wildman–Crippen LogP) is 3.14. The van der Waals surface area contributed by atoms with Gasteiger partial charge in [0.1, 0.15) is 11.6 Å². The Bertz CT molecular complexity index is 588. The van der Waals surface area contributed by atoms with Crippen molar-refractivity contribution in [3.05, 3.63) is 65.4 Å². The largest absolute Gasteiger partial charge is 0.467 e. The number of hydrogen-bond donors (Lipinski definition) is 1. The maximum absolute atomic E-state index is 13.4. The molecule has 0 saturated heterocycles. The number of benzene rings is 1. The fourth-order valence-electron chi connectivity index (χ4n) is 1.61. The minimum absolute atomic E-state index is 0.250. The Morgan fingerprint density at radius 1 is 1.32 bits per heavy atom. The maximum Gasteiger partial charge on any atom is 0.247 e. The molecule has 2 rings (SSSR count). The van der Waals surface area contributed by atoms with Crippen LogP contribution in [0.15, 0.2) is 52.7 Å². The number of furan rings is 1. The SMILES string of the molecule is C/C(=C\c1ccccc1F)C(=O)NCc1ccco1. The van der Waals surface area contributed by atoms with E-state index in [9.17, 15) is 9.18 Å². The van der Waals surface area contributed by atoms with Gasteiger partial charge in [-0.3, -0.25) is 4.79 Å². The first-order valence-electron chi connectivity index (χ1n) is 5.90. The summed E-state index contributed by atoms with van der Waals surface area (Å²) in [5.41, 5.74) is 0.838. The normalized spacial score (nSPS) is 11.4. The summed E-state index contributed by atoms with van der Waals surface area (Å²) in [4.78, 5) is 11.8. The van der Waals surface area contributed by atoms with Crippen molar-refractivity contribution < 1.29 is 13.6 Å². The molecule has 98 valence electrons. The van der Waals surface area contributed by atoms with Gasteiger partial charge in [-0.1, -0.05) is 18.2 Å². The summed E-state index contributed by atoms with van der Waals surface area (Å²) in [5.74, 6) is 0.0763. The van der Waals surface area contributed by atoms with E-state index in [1.807, 2.05) is 0 Å². The van der Waals surface area contributed by atoms with Crippen LogP contribution < -0.4 is 5.32 Å². The molecule has 0 aliphatic carbocycles. The van der Waals surface area contributed by atoms with Crippen LogP contribution in [0, 0.1) is 5.82 Å². The number of carbonyl (C=O) groups excluding carboxylic acids is 1. The molecule has 4 heteroatoms. The minimum atomic E-state index is -0.347. The van der Waals surface area contributed by atoms with Crippen molar-refractivity contribution in [3.8, 4) is 0 Å². The molecule has 0 fully saturated rings. The molecule has 1 heterocycles. The molecular weight excluding hydrogens is 245 g/mol. The van der Waals surface area contributed by atoms with Crippen LogP contribution in [0.25, 0.3) is 6.08 Å². The van der Waals surface area contributed by atoms with Gasteiger partial charge in [-0.15, -0.1) is 0 Å². The average molecular weight is 259 g/mol. The van der Waals surface area contributed by atoms with Crippen LogP contribution in [-0.2, 0) is 11.3 Å². The standard InChI is InChI=1S/C15H14FNO2/c1-11(9-12-5-2-3-7-14(12)16)15(18)17-10-13-6-4-8-19-13/h2-9H,10H2,1H3,(H,17,18)/b11-9+. The van der Waals surface area contributed by atoms with Gasteiger partial charge in [0, 0.05) is 11.1 Å². The topological polar surface area (TPSA) is 42.2 Å². The Morgan fingerprint density at radius 3 is 2.79 bits per heavy atom. The summed E-state index contributed by atoms with van der Waals surface area (Å²) < 4.78 is 18.5. The van der Waals surface area contributed by atoms with E-state index < -0.39 is 0 Å². The molecule has 0 atom stereocenters. The molecule has 0 bridgehead atoms. The molecule has 2 aromatic rings. The summed E-state index contributed by atoms with van der Waals surface area (Å²) in [6.07, 6.45) is 3.07. The van der Waals surface area contributed by atoms with Gasteiger partial charge in [0.25, 0.3) is 0 Å². The fourth-order valence-corrected chi connectivity index (χ4v) is 1.61. The van der Waals surface area contributed by atoms with Gasteiger partial charge >= 0.3 is 0 Å². The highest BCUT2D eigenvalue weighted by molar-refractivity contribution is 5.97. The Hall–Kier alpha value is -2.36. The van der Waals surface area contributed by atoms with Gasteiger partial charge in [0.05, 0.1) is 12.8 Å². The van der Waals surface area contributed by atoms with Crippen LogP contribution in [-0.4, -0.2) is 5.91 Å². The van der Waals surface area contributed by atoms with Crippen molar-refractivity contribution in [2.75, 3.05) is 0 Å². The highest BCUT2D eigenvalue weighted by Crippen LogP contribution is 2.11. The van der Waals surface area contributed by atoms with Crippen molar-refractivity contribution in [1.29, 1.82) is 0 Å². The molecule has 0 radical (unpaired) electrons. The van der Waals surface area contributed by atoms with Crippen molar-refractivity contribution in [2.24, 2.45) is 0 Å². The van der Waals surface area contributed by atoms with Crippen LogP contribution in [0.1, 0.15) is 18.2 Å². The summed E-state index contributed by atoms with van der Waals surface area (Å²) in [6, 6.07) is 9.85. The lowest BCUT2D eigenvalue weighted by Crippen LogP contribution is -2.23. The van der Waals surface area contributed by atoms with Crippen molar-refractivity contribution in [2.45, 2.75) is 13.5 Å². The van der Waals surface area contributed by atoms with E-state index >= 15 is 0 Å². The first kappa shape index (κ1) is 13.1. The van der Waals surface area contributed by atoms with Crippen LogP contribution in [0.4, 0.5) is 4.39 Å². The van der Waals surface area contributed by atoms with E-state index in [4.69, 9.17) is 4.42 Å². The van der Waals surface area contributed by atoms with Crippen molar-refractivity contribution >= 4 is 12.0 Å². The lowest BCUT2D eigenvalue weighted by Gasteiger charge is -2.04. The third kappa shape index (κ3) is 3.55. The number of halogens is 1. The second kappa shape index (κ2) is 6.00. The zero-order chi connectivity index (χ0) is 13.7. The van der Waals surface area contributed by atoms with Gasteiger partial charge in [-0.05, 0) is 31.2 Å². The summed E-state index contributed by atoms with van der Waals surface area (Å²) in [7, 11) is 0. The van der Waals surface area contributed by atoms with E-state index in [-0.39, 0.29) is 11.7 Å². The lowest BCUT2D eigenvalue weighted by atomic mass is 10.1. The Morgan fingerprint density at radius 2 is 2.11 bits per heavy atom. The first-order chi connectivity index (χ1) is 9.16. The number of amides is 1. The quantitative estimate of drug-likeness (QED) is 0.857. The predicted molar refractivity (Wildman–Crippen MR) is 70.6 cm³/mol. The Balaban J connectivity index is 2.01. The van der Waals surface area contributed by atoms with E-state index in [1.54, 1.807) is 43.5 Å². The average Bonchev–Trinajstić information content (AvgIpc) is 2.91. The number of carbonyl (C=O) groups is 1. The highest BCUT2D eigenvalue weighted by atomic mass is 19.1. The van der Waals surface area contributed by atoms with Gasteiger partial charge in [-0.2, -0.15) is 0 Å². The summed E-state index contributed by atoms with van der Waals surface area (Å²) in [5, 5.41) is 2.70. The molecule has 0 aliphatic rings. The van der Waals surface area contributed by atoms with Crippen LogP contribution in [0.2, 0.25) is 0 Å². The monoisotopic (exact) mass is 259 g/mol. The molecule has 1 amide bonds. The summed E-state index contributed by atoms with van der Waals surface area (Å²) in [6.45, 7) is 1.96. The molecule has 3 nitrogen and oxygen atoms in total. The molecule has 1 N–H and O–H groups in total. The third-order valence-corrected chi connectivity index (χ3v) is 2.64. The molecular formula is C15H14FNO2.